The maximum Gasteiger partial charge on any atom is 0.337 e. The molecule has 0 saturated carbocycles. The highest BCUT2D eigenvalue weighted by Gasteiger charge is 2.25. The van der Waals surface area contributed by atoms with Crippen LogP contribution in [0.25, 0.3) is 22.4 Å². The molecule has 7 rings (SSSR count). The predicted molar refractivity (Wildman–Crippen MR) is 315 cm³/mol. The molecule has 0 fully saturated rings. The number of anilines is 1. The van der Waals surface area contributed by atoms with Gasteiger partial charge in [-0.05, 0) is 131 Å². The second kappa shape index (κ2) is 31.5. The Bertz CT molecular complexity index is 3590. The van der Waals surface area contributed by atoms with Crippen molar-refractivity contribution < 1.29 is 57.5 Å². The summed E-state index contributed by atoms with van der Waals surface area (Å²) in [6, 6.07) is 23.8. The van der Waals surface area contributed by atoms with E-state index in [4.69, 9.17) is 19.7 Å². The molecule has 4 N–H and O–H groups in total. The molecule has 0 atom stereocenters. The number of benzene rings is 4. The van der Waals surface area contributed by atoms with Crippen LogP contribution in [0.15, 0.2) is 115 Å². The molecular formula is C54H64F2I2N6O15. The van der Waals surface area contributed by atoms with Crippen molar-refractivity contribution in [3.63, 3.8) is 0 Å². The van der Waals surface area contributed by atoms with Crippen LogP contribution in [0.5, 0.6) is 17.2 Å². The molecule has 21 nitrogen and oxygen atoms in total. The number of ether oxygens (including phenoxy) is 3. The zero-order chi connectivity index (χ0) is 56.2. The molecule has 7 aromatic rings. The fourth-order valence-electron chi connectivity index (χ4n) is 6.76. The average Bonchev–Trinajstić information content (AvgIpc) is 3.35. The molecule has 0 unspecified atom stereocenters. The first-order valence-corrected chi connectivity index (χ1v) is 23.9. The van der Waals surface area contributed by atoms with E-state index in [2.05, 4.69) is 10.1 Å². The predicted octanol–water partition coefficient (Wildman–Crippen LogP) is 7.94. The lowest BCUT2D eigenvalue weighted by molar-refractivity contribution is -0.157. The number of methoxy groups -OCH3 is 2. The van der Waals surface area contributed by atoms with E-state index in [0.717, 1.165) is 35.3 Å². The Morgan fingerprint density at radius 3 is 1.41 bits per heavy atom. The van der Waals surface area contributed by atoms with Crippen LogP contribution in [0.4, 0.5) is 14.6 Å². The van der Waals surface area contributed by atoms with Crippen LogP contribution >= 0.6 is 45.2 Å². The summed E-state index contributed by atoms with van der Waals surface area (Å²) in [6.07, 6.45) is 0. The van der Waals surface area contributed by atoms with Crippen LogP contribution in [0.3, 0.4) is 0 Å². The van der Waals surface area contributed by atoms with Crippen molar-refractivity contribution in [1.82, 2.24) is 22.8 Å². The Hall–Kier alpha value is -7.95. The first kappa shape index (κ1) is 71.0. The molecule has 3 aromatic heterocycles. The lowest BCUT2D eigenvalue weighted by Crippen LogP contribution is -2.42. The molecule has 0 spiro atoms. The van der Waals surface area contributed by atoms with Crippen LogP contribution in [0.2, 0.25) is 0 Å². The van der Waals surface area contributed by atoms with Crippen LogP contribution in [0, 0.1) is 31.6 Å². The fourth-order valence-corrected chi connectivity index (χ4v) is 7.67. The molecule has 0 radical (unpaired) electrons. The van der Waals surface area contributed by atoms with Crippen molar-refractivity contribution in [2.75, 3.05) is 26.6 Å². The number of esters is 2. The van der Waals surface area contributed by atoms with Crippen LogP contribution in [-0.2, 0) is 44.1 Å². The molecule has 4 aromatic carbocycles. The number of nitrogens with one attached hydrogen (secondary N) is 1. The Morgan fingerprint density at radius 1 is 0.646 bits per heavy atom. The topological polar surface area (TPSA) is 279 Å². The van der Waals surface area contributed by atoms with Crippen molar-refractivity contribution >= 4 is 85.9 Å². The maximum atomic E-state index is 15.0. The highest BCUT2D eigenvalue weighted by Crippen LogP contribution is 2.26. The minimum atomic E-state index is -1.31. The number of carbonyl (C=O) groups is 4. The number of nitrogens with zero attached hydrogens (tertiary/aromatic N) is 5. The van der Waals surface area contributed by atoms with Gasteiger partial charge in [-0.25, -0.2) is 27.5 Å². The van der Waals surface area contributed by atoms with Crippen molar-refractivity contribution in [3.05, 3.63) is 178 Å². The standard InChI is InChI=1S/C23H19FIN3O5.C19H17FIN3O3.C4H6O4.C4H6O3.4CH4/c1-12-19(29)18-20(26(2)21(12)30)28(17-9-6-14(25)10-16(17)24)23(32)27(22(18)31)11-13-4-7-15(33-3)8-5-13;1-22-17-10-18(25)23(11-12-3-6-14(27-2)7-4-12)19(26)24(17)16-8-5-13(21)9-15(16)20;1-2(3(5)6)4(7)8;1-3(5)7-4(2)6;;;;/h4-10,29H,11H2,1-3H3;3-10,22H,11H2,1-2H3;2H,1H3,(H,5,6)(H,7,8);1-2H3;4*1H4. The molecule has 0 amide bonds. The number of carbonyl (C=O) groups excluding carboxylic acids is 2. The molecule has 0 saturated heterocycles. The third kappa shape index (κ3) is 17.5. The molecule has 79 heavy (non-hydrogen) atoms. The average molecular weight is 1330 g/mol. The summed E-state index contributed by atoms with van der Waals surface area (Å²) in [5.41, 5.74) is -2.27. The summed E-state index contributed by atoms with van der Waals surface area (Å²) >= 11 is 3.93. The zero-order valence-electron chi connectivity index (χ0n) is 41.1. The number of hydrogen-bond donors (Lipinski definition) is 4. The van der Waals surface area contributed by atoms with E-state index in [1.54, 1.807) is 74.8 Å². The molecule has 0 bridgehead atoms. The Morgan fingerprint density at radius 2 is 1.05 bits per heavy atom. The molecule has 428 valence electrons. The monoisotopic (exact) mass is 1330 g/mol. The number of aliphatic carboxylic acids is 2. The number of fused-ring (bicyclic) bond motifs is 1. The van der Waals surface area contributed by atoms with Gasteiger partial charge in [0.25, 0.3) is 16.7 Å². The third-order valence-corrected chi connectivity index (χ3v) is 12.0. The van der Waals surface area contributed by atoms with Gasteiger partial charge in [0.05, 0.1) is 44.2 Å². The molecule has 0 aliphatic rings. The van der Waals surface area contributed by atoms with Gasteiger partial charge >= 0.3 is 35.3 Å². The number of halogens is 4. The molecule has 0 aliphatic carbocycles. The van der Waals surface area contributed by atoms with E-state index in [0.29, 0.717) is 24.2 Å². The third-order valence-electron chi connectivity index (χ3n) is 10.6. The van der Waals surface area contributed by atoms with Gasteiger partial charge in [-0.3, -0.25) is 47.3 Å². The first-order valence-electron chi connectivity index (χ1n) is 21.7. The molecule has 0 aliphatic heterocycles. The van der Waals surface area contributed by atoms with Crippen LogP contribution in [-0.4, -0.2) is 83.3 Å². The number of aromatic hydroxyl groups is 1. The quantitative estimate of drug-likeness (QED) is 0.0543. The summed E-state index contributed by atoms with van der Waals surface area (Å²) in [5, 5.41) is 29.2. The van der Waals surface area contributed by atoms with Gasteiger partial charge in [-0.1, -0.05) is 54.0 Å². The van der Waals surface area contributed by atoms with Gasteiger partial charge in [0.2, 0.25) is 0 Å². The Balaban J connectivity index is 0.00000119. The normalized spacial score (nSPS) is 9.94. The zero-order valence-corrected chi connectivity index (χ0v) is 45.5. The van der Waals surface area contributed by atoms with Gasteiger partial charge in [-0.2, -0.15) is 0 Å². The summed E-state index contributed by atoms with van der Waals surface area (Å²) < 4.78 is 50.2. The second-order valence-electron chi connectivity index (χ2n) is 15.7. The first-order chi connectivity index (χ1) is 35.3. The number of hydrogen-bond acceptors (Lipinski definition) is 14. The smallest absolute Gasteiger partial charge is 0.337 e. The number of carboxylic acids is 2. The lowest BCUT2D eigenvalue weighted by atomic mass is 10.2. The van der Waals surface area contributed by atoms with Crippen LogP contribution < -0.4 is 42.8 Å². The summed E-state index contributed by atoms with van der Waals surface area (Å²) in [6.45, 7) is 4.79. The second-order valence-corrected chi connectivity index (χ2v) is 18.2. The Labute approximate surface area is 480 Å². The van der Waals surface area contributed by atoms with Gasteiger partial charge < -0.3 is 34.8 Å². The number of rotatable bonds is 11. The van der Waals surface area contributed by atoms with Crippen molar-refractivity contribution in [1.29, 1.82) is 0 Å². The van der Waals surface area contributed by atoms with Gasteiger partial charge in [-0.15, -0.1) is 0 Å². The van der Waals surface area contributed by atoms with E-state index in [1.165, 1.54) is 65.3 Å². The van der Waals surface area contributed by atoms with Crippen molar-refractivity contribution in [2.24, 2.45) is 13.0 Å². The highest BCUT2D eigenvalue weighted by atomic mass is 127. The molecular weight excluding hydrogens is 1260 g/mol. The Kier molecular flexibility index (Phi) is 28.3. The number of aromatic nitrogens is 5. The summed E-state index contributed by atoms with van der Waals surface area (Å²) in [5.74, 6) is -5.34. The van der Waals surface area contributed by atoms with Gasteiger partial charge in [0, 0.05) is 41.1 Å². The number of aryl methyl sites for hydroxylation is 1. The lowest BCUT2D eigenvalue weighted by Gasteiger charge is -2.18. The molecule has 25 heteroatoms. The van der Waals surface area contributed by atoms with Crippen molar-refractivity contribution in [3.8, 4) is 28.6 Å². The van der Waals surface area contributed by atoms with E-state index in [1.807, 2.05) is 45.2 Å². The maximum absolute atomic E-state index is 15.0. The van der Waals surface area contributed by atoms with Gasteiger partial charge in [0.1, 0.15) is 45.7 Å². The van der Waals surface area contributed by atoms with Gasteiger partial charge in [0.15, 0.2) is 5.92 Å². The SMILES string of the molecule is C.C.C.C.CC(=O)OC(C)=O.CC(C(=O)O)C(=O)O.CNc1cc(=O)n(Cc2ccc(OC)cc2)c(=O)n1-c1ccc(I)cc1F.COc1ccc(Cn2c(=O)c3c(O)c(C)c(=O)n(C)c3n(-c3ccc(I)cc3F)c2=O)cc1. The minimum absolute atomic E-state index is 0. The number of carboxylic acid groups (broad SMARTS) is 2. The van der Waals surface area contributed by atoms with Crippen LogP contribution in [0.1, 0.15) is 67.2 Å². The van der Waals surface area contributed by atoms with E-state index in [-0.39, 0.29) is 76.6 Å². The van der Waals surface area contributed by atoms with E-state index in [9.17, 15) is 57.0 Å². The van der Waals surface area contributed by atoms with Crippen molar-refractivity contribution in [2.45, 2.75) is 70.5 Å². The highest BCUT2D eigenvalue weighted by molar-refractivity contribution is 14.1. The summed E-state index contributed by atoms with van der Waals surface area (Å²) in [7, 11) is 6.02. The molecule has 3 heterocycles. The van der Waals surface area contributed by atoms with E-state index < -0.39 is 75.2 Å². The minimum Gasteiger partial charge on any atom is -0.506 e. The fraction of sp³-hybridized carbons (Fsp3) is 0.278. The van der Waals surface area contributed by atoms with E-state index >= 15 is 0 Å². The summed E-state index contributed by atoms with van der Waals surface area (Å²) in [4.78, 5) is 104. The largest absolute Gasteiger partial charge is 0.506 e. The number of pyridine rings is 1.